The molecule has 0 bridgehead atoms. The van der Waals surface area contributed by atoms with Crippen molar-refractivity contribution in [1.82, 2.24) is 5.32 Å². The van der Waals surface area contributed by atoms with Crippen molar-refractivity contribution in [1.29, 1.82) is 0 Å². The molecule has 0 spiro atoms. The van der Waals surface area contributed by atoms with Crippen molar-refractivity contribution in [2.24, 2.45) is 11.7 Å². The summed E-state index contributed by atoms with van der Waals surface area (Å²) in [6, 6.07) is 3.88. The molecule has 0 saturated carbocycles. The molecular formula is C11H20N2O. The molecule has 0 radical (unpaired) electrons. The molecule has 0 saturated heterocycles. The molecule has 3 nitrogen and oxygen atoms in total. The highest BCUT2D eigenvalue weighted by atomic mass is 16.3. The van der Waals surface area contributed by atoms with Crippen LogP contribution in [0.3, 0.4) is 0 Å². The number of nitrogens with two attached hydrogens (primary N) is 1. The first-order valence-electron chi connectivity index (χ1n) is 5.30. The summed E-state index contributed by atoms with van der Waals surface area (Å²) in [7, 11) is 0. The second kappa shape index (κ2) is 6.62. The minimum Gasteiger partial charge on any atom is -0.468 e. The Morgan fingerprint density at radius 2 is 2.43 bits per heavy atom. The van der Waals surface area contributed by atoms with E-state index in [0.717, 1.165) is 25.4 Å². The van der Waals surface area contributed by atoms with Crippen LogP contribution in [0.1, 0.15) is 25.5 Å². The van der Waals surface area contributed by atoms with Gasteiger partial charge in [-0.2, -0.15) is 0 Å². The maximum atomic E-state index is 5.65. The van der Waals surface area contributed by atoms with Gasteiger partial charge in [-0.05, 0) is 37.6 Å². The van der Waals surface area contributed by atoms with E-state index in [1.807, 2.05) is 12.1 Å². The van der Waals surface area contributed by atoms with Gasteiger partial charge in [0.2, 0.25) is 0 Å². The van der Waals surface area contributed by atoms with E-state index in [4.69, 9.17) is 10.2 Å². The predicted molar refractivity (Wildman–Crippen MR) is 57.9 cm³/mol. The Balaban J connectivity index is 2.13. The Morgan fingerprint density at radius 3 is 3.00 bits per heavy atom. The number of rotatable bonds is 7. The maximum Gasteiger partial charge on any atom is 0.117 e. The van der Waals surface area contributed by atoms with Gasteiger partial charge in [-0.25, -0.2) is 0 Å². The lowest BCUT2D eigenvalue weighted by Gasteiger charge is -2.13. The van der Waals surface area contributed by atoms with Gasteiger partial charge in [0.15, 0.2) is 0 Å². The molecule has 1 heterocycles. The van der Waals surface area contributed by atoms with Crippen LogP contribution in [0.5, 0.6) is 0 Å². The fraction of sp³-hybridized carbons (Fsp3) is 0.636. The second-order valence-electron chi connectivity index (χ2n) is 3.60. The van der Waals surface area contributed by atoms with Crippen LogP contribution in [0, 0.1) is 5.92 Å². The first-order valence-corrected chi connectivity index (χ1v) is 5.30. The zero-order valence-corrected chi connectivity index (χ0v) is 8.83. The van der Waals surface area contributed by atoms with Crippen LogP contribution in [0.4, 0.5) is 0 Å². The summed E-state index contributed by atoms with van der Waals surface area (Å²) in [5.41, 5.74) is 5.65. The van der Waals surface area contributed by atoms with Gasteiger partial charge in [0.1, 0.15) is 5.76 Å². The van der Waals surface area contributed by atoms with E-state index >= 15 is 0 Å². The van der Waals surface area contributed by atoms with Gasteiger partial charge in [-0.1, -0.05) is 13.3 Å². The second-order valence-corrected chi connectivity index (χ2v) is 3.60. The van der Waals surface area contributed by atoms with Crippen LogP contribution >= 0.6 is 0 Å². The predicted octanol–water partition coefficient (Wildman–Crippen LogP) is 1.74. The summed E-state index contributed by atoms with van der Waals surface area (Å²) in [6.07, 6.45) is 4.09. The highest BCUT2D eigenvalue weighted by Crippen LogP contribution is 2.04. The van der Waals surface area contributed by atoms with Gasteiger partial charge in [0, 0.05) is 0 Å². The number of hydrogen-bond acceptors (Lipinski definition) is 3. The molecule has 1 unspecified atom stereocenters. The normalized spacial score (nSPS) is 13.0. The van der Waals surface area contributed by atoms with Gasteiger partial charge in [-0.15, -0.1) is 0 Å². The number of hydrogen-bond donors (Lipinski definition) is 2. The van der Waals surface area contributed by atoms with Crippen molar-refractivity contribution >= 4 is 0 Å². The average Bonchev–Trinajstić information content (AvgIpc) is 2.69. The molecular weight excluding hydrogens is 176 g/mol. The van der Waals surface area contributed by atoms with Crippen LogP contribution < -0.4 is 11.1 Å². The number of nitrogens with one attached hydrogen (secondary N) is 1. The zero-order chi connectivity index (χ0) is 10.2. The van der Waals surface area contributed by atoms with Crippen molar-refractivity contribution in [3.05, 3.63) is 24.2 Å². The summed E-state index contributed by atoms with van der Waals surface area (Å²) in [5.74, 6) is 1.58. The fourth-order valence-electron chi connectivity index (χ4n) is 1.52. The Morgan fingerprint density at radius 1 is 1.57 bits per heavy atom. The van der Waals surface area contributed by atoms with Crippen LogP contribution in [0.2, 0.25) is 0 Å². The lowest BCUT2D eigenvalue weighted by Crippen LogP contribution is -2.27. The lowest BCUT2D eigenvalue weighted by molar-refractivity contribution is 0.423. The topological polar surface area (TPSA) is 51.2 Å². The smallest absolute Gasteiger partial charge is 0.117 e. The maximum absolute atomic E-state index is 5.65. The van der Waals surface area contributed by atoms with Crippen molar-refractivity contribution in [2.45, 2.75) is 26.3 Å². The van der Waals surface area contributed by atoms with E-state index in [0.29, 0.717) is 5.92 Å². The lowest BCUT2D eigenvalue weighted by atomic mass is 10.0. The highest BCUT2D eigenvalue weighted by Gasteiger charge is 2.04. The highest BCUT2D eigenvalue weighted by molar-refractivity contribution is 4.97. The largest absolute Gasteiger partial charge is 0.468 e. The summed E-state index contributed by atoms with van der Waals surface area (Å²) < 4.78 is 5.22. The van der Waals surface area contributed by atoms with Crippen molar-refractivity contribution in [2.75, 3.05) is 13.1 Å². The molecule has 1 aromatic rings. The summed E-state index contributed by atoms with van der Waals surface area (Å²) in [6.45, 7) is 4.73. The summed E-state index contributed by atoms with van der Waals surface area (Å²) in [5, 5.41) is 3.35. The Bertz CT molecular complexity index is 221. The van der Waals surface area contributed by atoms with E-state index in [2.05, 4.69) is 12.2 Å². The quantitative estimate of drug-likeness (QED) is 0.698. The summed E-state index contributed by atoms with van der Waals surface area (Å²) >= 11 is 0. The molecule has 1 aromatic heterocycles. The minimum atomic E-state index is 0.593. The van der Waals surface area contributed by atoms with E-state index in [-0.39, 0.29) is 0 Å². The van der Waals surface area contributed by atoms with Gasteiger partial charge in [-0.3, -0.25) is 0 Å². The Hall–Kier alpha value is -0.800. The van der Waals surface area contributed by atoms with Crippen LogP contribution in [-0.2, 0) is 6.54 Å². The van der Waals surface area contributed by atoms with Crippen molar-refractivity contribution in [3.8, 4) is 0 Å². The van der Waals surface area contributed by atoms with Crippen LogP contribution in [-0.4, -0.2) is 13.1 Å². The molecule has 0 fully saturated rings. The van der Waals surface area contributed by atoms with Gasteiger partial charge < -0.3 is 15.5 Å². The molecule has 0 aliphatic heterocycles. The van der Waals surface area contributed by atoms with Gasteiger partial charge >= 0.3 is 0 Å². The third kappa shape index (κ3) is 3.94. The van der Waals surface area contributed by atoms with Crippen LogP contribution in [0.25, 0.3) is 0 Å². The first kappa shape index (κ1) is 11.3. The average molecular weight is 196 g/mol. The molecule has 1 rings (SSSR count). The molecule has 3 heteroatoms. The van der Waals surface area contributed by atoms with E-state index in [1.165, 1.54) is 12.8 Å². The standard InChI is InChI=1S/C11H20N2O/c1-2-4-10(7-12)8-13-9-11-5-3-6-14-11/h3,5-6,10,13H,2,4,7-9,12H2,1H3. The Labute approximate surface area is 85.7 Å². The van der Waals surface area contributed by atoms with Crippen LogP contribution in [0.15, 0.2) is 22.8 Å². The molecule has 0 aromatic carbocycles. The van der Waals surface area contributed by atoms with E-state index < -0.39 is 0 Å². The molecule has 0 aliphatic rings. The zero-order valence-electron chi connectivity index (χ0n) is 8.83. The van der Waals surface area contributed by atoms with Crippen molar-refractivity contribution < 1.29 is 4.42 Å². The third-order valence-corrected chi connectivity index (χ3v) is 2.34. The SMILES string of the molecule is CCCC(CN)CNCc1ccco1. The van der Waals surface area contributed by atoms with E-state index in [1.54, 1.807) is 6.26 Å². The molecule has 14 heavy (non-hydrogen) atoms. The summed E-state index contributed by atoms with van der Waals surface area (Å²) in [4.78, 5) is 0. The molecule has 3 N–H and O–H groups in total. The monoisotopic (exact) mass is 196 g/mol. The first-order chi connectivity index (χ1) is 6.86. The van der Waals surface area contributed by atoms with Gasteiger partial charge in [0.05, 0.1) is 12.8 Å². The molecule has 0 aliphatic carbocycles. The fourth-order valence-corrected chi connectivity index (χ4v) is 1.52. The number of furan rings is 1. The molecule has 1 atom stereocenters. The van der Waals surface area contributed by atoms with E-state index in [9.17, 15) is 0 Å². The minimum absolute atomic E-state index is 0.593. The molecule has 0 amide bonds. The van der Waals surface area contributed by atoms with Crippen molar-refractivity contribution in [3.63, 3.8) is 0 Å². The Kier molecular flexibility index (Phi) is 5.33. The van der Waals surface area contributed by atoms with Gasteiger partial charge in [0.25, 0.3) is 0 Å². The third-order valence-electron chi connectivity index (χ3n) is 2.34. The molecule has 80 valence electrons.